The van der Waals surface area contributed by atoms with Gasteiger partial charge in [-0.25, -0.2) is 4.98 Å². The summed E-state index contributed by atoms with van der Waals surface area (Å²) in [4.78, 5) is 7.22. The van der Waals surface area contributed by atoms with Crippen molar-refractivity contribution in [2.75, 3.05) is 6.54 Å². The fourth-order valence-corrected chi connectivity index (χ4v) is 3.25. The molecule has 0 radical (unpaired) electrons. The van der Waals surface area contributed by atoms with E-state index in [2.05, 4.69) is 47.7 Å². The zero-order chi connectivity index (χ0) is 14.1. The number of piperidine rings is 1. The minimum absolute atomic E-state index is 0.231. The van der Waals surface area contributed by atoms with Crippen LogP contribution in [-0.2, 0) is 6.54 Å². The Labute approximate surface area is 120 Å². The summed E-state index contributed by atoms with van der Waals surface area (Å²) in [6, 6.07) is 4.92. The second-order valence-corrected chi connectivity index (χ2v) is 6.10. The normalized spacial score (nSPS) is 22.2. The molecule has 3 heterocycles. The third-order valence-corrected chi connectivity index (χ3v) is 4.29. The second kappa shape index (κ2) is 5.54. The van der Waals surface area contributed by atoms with Crippen molar-refractivity contribution in [3.8, 4) is 0 Å². The molecule has 1 saturated heterocycles. The highest BCUT2D eigenvalue weighted by Crippen LogP contribution is 2.21. The van der Waals surface area contributed by atoms with Gasteiger partial charge in [0.25, 0.3) is 0 Å². The molecule has 0 aromatic carbocycles. The Bertz CT molecular complexity index is 587. The SMILES string of the molecule is Cc1ccc2nc(CN3CCCCC3C(C)N)cn2c1. The van der Waals surface area contributed by atoms with Gasteiger partial charge >= 0.3 is 0 Å². The summed E-state index contributed by atoms with van der Waals surface area (Å²) >= 11 is 0. The molecule has 1 fully saturated rings. The van der Waals surface area contributed by atoms with Crippen molar-refractivity contribution in [1.82, 2.24) is 14.3 Å². The standard InChI is InChI=1S/C16H24N4/c1-12-6-7-16-18-14(11-20(16)9-12)10-19-8-4-3-5-15(19)13(2)17/h6-7,9,11,13,15H,3-5,8,10,17H2,1-2H3. The maximum atomic E-state index is 6.14. The number of nitrogens with two attached hydrogens (primary N) is 1. The third kappa shape index (κ3) is 2.72. The molecule has 3 rings (SSSR count). The van der Waals surface area contributed by atoms with Gasteiger partial charge < -0.3 is 10.1 Å². The van der Waals surface area contributed by atoms with Crippen LogP contribution in [0.2, 0.25) is 0 Å². The predicted octanol–water partition coefficient (Wildman–Crippen LogP) is 2.34. The number of imidazole rings is 1. The molecule has 4 heteroatoms. The van der Waals surface area contributed by atoms with Gasteiger partial charge in [0.2, 0.25) is 0 Å². The number of fused-ring (bicyclic) bond motifs is 1. The lowest BCUT2D eigenvalue weighted by molar-refractivity contribution is 0.121. The van der Waals surface area contributed by atoms with Crippen LogP contribution in [0.5, 0.6) is 0 Å². The maximum absolute atomic E-state index is 6.14. The number of aromatic nitrogens is 2. The summed E-state index contributed by atoms with van der Waals surface area (Å²) in [5.74, 6) is 0. The lowest BCUT2D eigenvalue weighted by Gasteiger charge is -2.37. The van der Waals surface area contributed by atoms with Gasteiger partial charge in [-0.05, 0) is 44.9 Å². The Morgan fingerprint density at radius 2 is 2.20 bits per heavy atom. The van der Waals surface area contributed by atoms with E-state index < -0.39 is 0 Å². The molecule has 1 aliphatic heterocycles. The highest BCUT2D eigenvalue weighted by molar-refractivity contribution is 5.41. The molecule has 2 N–H and O–H groups in total. The molecule has 0 aliphatic carbocycles. The van der Waals surface area contributed by atoms with Crippen molar-refractivity contribution in [2.45, 2.75) is 51.7 Å². The summed E-state index contributed by atoms with van der Waals surface area (Å²) in [6.07, 6.45) is 8.06. The number of aryl methyl sites for hydroxylation is 1. The highest BCUT2D eigenvalue weighted by Gasteiger charge is 2.25. The first-order valence-electron chi connectivity index (χ1n) is 7.57. The van der Waals surface area contributed by atoms with Gasteiger partial charge in [0.15, 0.2) is 0 Å². The lowest BCUT2D eigenvalue weighted by atomic mass is 9.97. The van der Waals surface area contributed by atoms with Crippen LogP contribution in [0.15, 0.2) is 24.5 Å². The van der Waals surface area contributed by atoms with Gasteiger partial charge in [-0.15, -0.1) is 0 Å². The van der Waals surface area contributed by atoms with Crippen LogP contribution >= 0.6 is 0 Å². The molecule has 2 aromatic rings. The van der Waals surface area contributed by atoms with E-state index in [1.54, 1.807) is 0 Å². The monoisotopic (exact) mass is 272 g/mol. The van der Waals surface area contributed by atoms with E-state index in [1.165, 1.54) is 24.8 Å². The van der Waals surface area contributed by atoms with Crippen molar-refractivity contribution < 1.29 is 0 Å². The number of rotatable bonds is 3. The van der Waals surface area contributed by atoms with E-state index in [9.17, 15) is 0 Å². The van der Waals surface area contributed by atoms with Gasteiger partial charge in [-0.3, -0.25) is 4.90 Å². The lowest BCUT2D eigenvalue weighted by Crippen LogP contribution is -2.48. The van der Waals surface area contributed by atoms with E-state index >= 15 is 0 Å². The smallest absolute Gasteiger partial charge is 0.137 e. The first-order chi connectivity index (χ1) is 9.63. The molecule has 0 bridgehead atoms. The molecule has 2 unspecified atom stereocenters. The Balaban J connectivity index is 1.80. The quantitative estimate of drug-likeness (QED) is 0.933. The number of pyridine rings is 1. The van der Waals surface area contributed by atoms with E-state index in [1.807, 2.05) is 0 Å². The Morgan fingerprint density at radius 3 is 3.00 bits per heavy atom. The van der Waals surface area contributed by atoms with Crippen molar-refractivity contribution in [1.29, 1.82) is 0 Å². The summed E-state index contributed by atoms with van der Waals surface area (Å²) in [5.41, 5.74) is 9.57. The summed E-state index contributed by atoms with van der Waals surface area (Å²) < 4.78 is 2.12. The zero-order valence-electron chi connectivity index (χ0n) is 12.4. The van der Waals surface area contributed by atoms with Crippen LogP contribution in [0, 0.1) is 6.92 Å². The summed E-state index contributed by atoms with van der Waals surface area (Å²) in [6.45, 7) is 6.28. The van der Waals surface area contributed by atoms with Gasteiger partial charge in [-0.2, -0.15) is 0 Å². The number of hydrogen-bond donors (Lipinski definition) is 1. The minimum atomic E-state index is 0.231. The molecule has 20 heavy (non-hydrogen) atoms. The van der Waals surface area contributed by atoms with Crippen LogP contribution in [0.25, 0.3) is 5.65 Å². The number of hydrogen-bond acceptors (Lipinski definition) is 3. The van der Waals surface area contributed by atoms with E-state index in [0.29, 0.717) is 6.04 Å². The average Bonchev–Trinajstić information content (AvgIpc) is 2.80. The molecule has 1 aliphatic rings. The number of likely N-dealkylation sites (tertiary alicyclic amines) is 1. The molecule has 4 nitrogen and oxygen atoms in total. The molecule has 2 atom stereocenters. The molecule has 2 aromatic heterocycles. The molecule has 108 valence electrons. The zero-order valence-corrected chi connectivity index (χ0v) is 12.4. The van der Waals surface area contributed by atoms with Crippen LogP contribution in [0.1, 0.15) is 37.4 Å². The van der Waals surface area contributed by atoms with Crippen LogP contribution in [0.4, 0.5) is 0 Å². The molecule has 0 amide bonds. The second-order valence-electron chi connectivity index (χ2n) is 6.10. The topological polar surface area (TPSA) is 46.6 Å². The van der Waals surface area contributed by atoms with Gasteiger partial charge in [-0.1, -0.05) is 12.5 Å². The highest BCUT2D eigenvalue weighted by atomic mass is 15.2. The Kier molecular flexibility index (Phi) is 3.76. The molecular formula is C16H24N4. The van der Waals surface area contributed by atoms with E-state index in [4.69, 9.17) is 10.7 Å². The Hall–Kier alpha value is -1.39. The molecule has 0 spiro atoms. The summed E-state index contributed by atoms with van der Waals surface area (Å²) in [7, 11) is 0. The Morgan fingerprint density at radius 1 is 1.35 bits per heavy atom. The average molecular weight is 272 g/mol. The summed E-state index contributed by atoms with van der Waals surface area (Å²) in [5, 5.41) is 0. The number of nitrogens with zero attached hydrogens (tertiary/aromatic N) is 3. The van der Waals surface area contributed by atoms with Crippen molar-refractivity contribution in [3.63, 3.8) is 0 Å². The van der Waals surface area contributed by atoms with Gasteiger partial charge in [0.1, 0.15) is 5.65 Å². The van der Waals surface area contributed by atoms with Gasteiger partial charge in [0.05, 0.1) is 5.69 Å². The van der Waals surface area contributed by atoms with Crippen LogP contribution < -0.4 is 5.73 Å². The van der Waals surface area contributed by atoms with Gasteiger partial charge in [0, 0.05) is 31.0 Å². The van der Waals surface area contributed by atoms with Crippen LogP contribution in [-0.4, -0.2) is 32.9 Å². The third-order valence-electron chi connectivity index (χ3n) is 4.29. The minimum Gasteiger partial charge on any atom is -0.327 e. The van der Waals surface area contributed by atoms with Crippen molar-refractivity contribution >= 4 is 5.65 Å². The fourth-order valence-electron chi connectivity index (χ4n) is 3.25. The van der Waals surface area contributed by atoms with Crippen molar-refractivity contribution in [2.24, 2.45) is 5.73 Å². The largest absolute Gasteiger partial charge is 0.327 e. The van der Waals surface area contributed by atoms with E-state index in [-0.39, 0.29) is 6.04 Å². The molecular weight excluding hydrogens is 248 g/mol. The maximum Gasteiger partial charge on any atom is 0.137 e. The first kappa shape index (κ1) is 13.6. The van der Waals surface area contributed by atoms with E-state index in [0.717, 1.165) is 24.4 Å². The molecule has 0 saturated carbocycles. The van der Waals surface area contributed by atoms with Crippen molar-refractivity contribution in [3.05, 3.63) is 35.8 Å². The fraction of sp³-hybridized carbons (Fsp3) is 0.562. The first-order valence-corrected chi connectivity index (χ1v) is 7.57. The predicted molar refractivity (Wildman–Crippen MR) is 81.6 cm³/mol. The van der Waals surface area contributed by atoms with Crippen LogP contribution in [0.3, 0.4) is 0 Å².